The van der Waals surface area contributed by atoms with Gasteiger partial charge in [-0.3, -0.25) is 4.98 Å². The number of hydrogen-bond acceptors (Lipinski definition) is 5. The van der Waals surface area contributed by atoms with Gasteiger partial charge in [0.05, 0.1) is 5.69 Å². The van der Waals surface area contributed by atoms with Crippen molar-refractivity contribution in [1.82, 2.24) is 20.3 Å². The highest BCUT2D eigenvalue weighted by Gasteiger charge is 2.14. The van der Waals surface area contributed by atoms with E-state index < -0.39 is 0 Å². The van der Waals surface area contributed by atoms with Gasteiger partial charge in [0.2, 0.25) is 5.95 Å². The molecule has 5 heteroatoms. The fraction of sp³-hybridized carbons (Fsp3) is 0.400. The van der Waals surface area contributed by atoms with E-state index in [0.29, 0.717) is 0 Å². The molecular formula is C15H19N5. The van der Waals surface area contributed by atoms with Crippen LogP contribution in [0.2, 0.25) is 0 Å². The molecule has 0 atom stereocenters. The molecule has 0 aromatic carbocycles. The summed E-state index contributed by atoms with van der Waals surface area (Å²) in [6, 6.07) is 5.94. The lowest BCUT2D eigenvalue weighted by atomic mass is 10.3. The second kappa shape index (κ2) is 6.43. The fourth-order valence-electron chi connectivity index (χ4n) is 2.36. The Labute approximate surface area is 119 Å². The van der Waals surface area contributed by atoms with Crippen molar-refractivity contribution in [3.05, 3.63) is 48.0 Å². The topological polar surface area (TPSA) is 53.9 Å². The standard InChI is InChI=1S/C15H19N5/c1-2-6-17-14(5-1)12-16-9-13-10-18-15(19-11-13)20-7-3-4-8-20/h1-2,5-6,10-11,16H,3-4,7-9,12H2. The molecule has 1 N–H and O–H groups in total. The summed E-state index contributed by atoms with van der Waals surface area (Å²) in [5.41, 5.74) is 2.14. The van der Waals surface area contributed by atoms with Crippen LogP contribution in [0.25, 0.3) is 0 Å². The molecule has 104 valence electrons. The average Bonchev–Trinajstić information content (AvgIpc) is 3.03. The van der Waals surface area contributed by atoms with E-state index in [4.69, 9.17) is 0 Å². The van der Waals surface area contributed by atoms with Gasteiger partial charge in [-0.15, -0.1) is 0 Å². The van der Waals surface area contributed by atoms with Crippen LogP contribution in [0.1, 0.15) is 24.1 Å². The molecule has 5 nitrogen and oxygen atoms in total. The number of nitrogens with zero attached hydrogens (tertiary/aromatic N) is 4. The summed E-state index contributed by atoms with van der Waals surface area (Å²) in [5.74, 6) is 0.857. The molecule has 3 rings (SSSR count). The molecule has 0 amide bonds. The molecule has 3 heterocycles. The van der Waals surface area contributed by atoms with E-state index in [0.717, 1.165) is 43.4 Å². The summed E-state index contributed by atoms with van der Waals surface area (Å²) in [6.07, 6.45) is 8.12. The molecular weight excluding hydrogens is 250 g/mol. The molecule has 2 aromatic heterocycles. The van der Waals surface area contributed by atoms with Crippen molar-refractivity contribution in [3.63, 3.8) is 0 Å². The molecule has 1 saturated heterocycles. The SMILES string of the molecule is c1ccc(CNCc2cnc(N3CCCC3)nc2)nc1. The Morgan fingerprint density at radius 2 is 1.80 bits per heavy atom. The first-order chi connectivity index (χ1) is 9.92. The van der Waals surface area contributed by atoms with Gasteiger partial charge in [0.25, 0.3) is 0 Å². The number of rotatable bonds is 5. The molecule has 20 heavy (non-hydrogen) atoms. The molecule has 0 aliphatic carbocycles. The zero-order valence-electron chi connectivity index (χ0n) is 11.5. The smallest absolute Gasteiger partial charge is 0.225 e. The number of aromatic nitrogens is 3. The zero-order chi connectivity index (χ0) is 13.6. The van der Waals surface area contributed by atoms with E-state index in [1.807, 2.05) is 36.8 Å². The van der Waals surface area contributed by atoms with Gasteiger partial charge < -0.3 is 10.2 Å². The van der Waals surface area contributed by atoms with Crippen molar-refractivity contribution >= 4 is 5.95 Å². The minimum absolute atomic E-state index is 0.759. The van der Waals surface area contributed by atoms with Gasteiger partial charge in [0, 0.05) is 50.3 Å². The zero-order valence-corrected chi connectivity index (χ0v) is 11.5. The first-order valence-corrected chi connectivity index (χ1v) is 7.08. The van der Waals surface area contributed by atoms with E-state index >= 15 is 0 Å². The number of pyridine rings is 1. The quantitative estimate of drug-likeness (QED) is 0.896. The van der Waals surface area contributed by atoms with Gasteiger partial charge in [0.1, 0.15) is 0 Å². The molecule has 0 bridgehead atoms. The van der Waals surface area contributed by atoms with Crippen molar-refractivity contribution in [2.75, 3.05) is 18.0 Å². The number of anilines is 1. The summed E-state index contributed by atoms with van der Waals surface area (Å²) in [4.78, 5) is 15.4. The van der Waals surface area contributed by atoms with E-state index in [2.05, 4.69) is 25.2 Å². The summed E-state index contributed by atoms with van der Waals surface area (Å²) >= 11 is 0. The Morgan fingerprint density at radius 1 is 1.00 bits per heavy atom. The second-order valence-electron chi connectivity index (χ2n) is 5.01. The summed E-state index contributed by atoms with van der Waals surface area (Å²) < 4.78 is 0. The lowest BCUT2D eigenvalue weighted by Gasteiger charge is -2.14. The van der Waals surface area contributed by atoms with Gasteiger partial charge in [-0.1, -0.05) is 6.07 Å². The van der Waals surface area contributed by atoms with E-state index in [1.165, 1.54) is 12.8 Å². The van der Waals surface area contributed by atoms with Gasteiger partial charge >= 0.3 is 0 Å². The molecule has 1 aliphatic heterocycles. The van der Waals surface area contributed by atoms with Crippen molar-refractivity contribution in [2.45, 2.75) is 25.9 Å². The van der Waals surface area contributed by atoms with Crippen molar-refractivity contribution in [2.24, 2.45) is 0 Å². The van der Waals surface area contributed by atoms with Gasteiger partial charge in [-0.2, -0.15) is 0 Å². The first-order valence-electron chi connectivity index (χ1n) is 7.08. The van der Waals surface area contributed by atoms with Crippen molar-refractivity contribution in [1.29, 1.82) is 0 Å². The highest BCUT2D eigenvalue weighted by molar-refractivity contribution is 5.30. The first kappa shape index (κ1) is 13.0. The highest BCUT2D eigenvalue weighted by Crippen LogP contribution is 2.14. The maximum Gasteiger partial charge on any atom is 0.225 e. The monoisotopic (exact) mass is 269 g/mol. The molecule has 1 fully saturated rings. The van der Waals surface area contributed by atoms with E-state index in [1.54, 1.807) is 0 Å². The molecule has 0 unspecified atom stereocenters. The van der Waals surface area contributed by atoms with Crippen LogP contribution in [0.4, 0.5) is 5.95 Å². The minimum Gasteiger partial charge on any atom is -0.341 e. The van der Waals surface area contributed by atoms with Crippen LogP contribution in [0.3, 0.4) is 0 Å². The Kier molecular flexibility index (Phi) is 4.18. The number of hydrogen-bond donors (Lipinski definition) is 1. The lowest BCUT2D eigenvalue weighted by molar-refractivity contribution is 0.675. The summed E-state index contributed by atoms with van der Waals surface area (Å²) in [5, 5.41) is 3.35. The highest BCUT2D eigenvalue weighted by atomic mass is 15.3. The van der Waals surface area contributed by atoms with Crippen LogP contribution < -0.4 is 10.2 Å². The third-order valence-electron chi connectivity index (χ3n) is 3.44. The summed E-state index contributed by atoms with van der Waals surface area (Å²) in [7, 11) is 0. The van der Waals surface area contributed by atoms with Crippen LogP contribution in [-0.2, 0) is 13.1 Å². The van der Waals surface area contributed by atoms with Crippen LogP contribution in [0.15, 0.2) is 36.8 Å². The van der Waals surface area contributed by atoms with Gasteiger partial charge in [0.15, 0.2) is 0 Å². The van der Waals surface area contributed by atoms with Crippen molar-refractivity contribution in [3.8, 4) is 0 Å². The largest absolute Gasteiger partial charge is 0.341 e. The van der Waals surface area contributed by atoms with Crippen LogP contribution >= 0.6 is 0 Å². The molecule has 1 aliphatic rings. The van der Waals surface area contributed by atoms with Gasteiger partial charge in [-0.05, 0) is 25.0 Å². The van der Waals surface area contributed by atoms with E-state index in [-0.39, 0.29) is 0 Å². The fourth-order valence-corrected chi connectivity index (χ4v) is 2.36. The van der Waals surface area contributed by atoms with Crippen LogP contribution in [0, 0.1) is 0 Å². The average molecular weight is 269 g/mol. The maximum absolute atomic E-state index is 4.45. The predicted octanol–water partition coefficient (Wildman–Crippen LogP) is 1.76. The van der Waals surface area contributed by atoms with Gasteiger partial charge in [-0.25, -0.2) is 9.97 Å². The molecule has 2 aromatic rings. The molecule has 0 saturated carbocycles. The third-order valence-corrected chi connectivity index (χ3v) is 3.44. The lowest BCUT2D eigenvalue weighted by Crippen LogP contribution is -2.20. The Balaban J connectivity index is 1.50. The Hall–Kier alpha value is -2.01. The van der Waals surface area contributed by atoms with Crippen molar-refractivity contribution < 1.29 is 0 Å². The summed E-state index contributed by atoms with van der Waals surface area (Å²) in [6.45, 7) is 3.68. The van der Waals surface area contributed by atoms with Crippen LogP contribution in [-0.4, -0.2) is 28.0 Å². The van der Waals surface area contributed by atoms with Crippen LogP contribution in [0.5, 0.6) is 0 Å². The normalized spacial score (nSPS) is 14.7. The maximum atomic E-state index is 4.45. The van der Waals surface area contributed by atoms with E-state index in [9.17, 15) is 0 Å². The molecule has 0 spiro atoms. The predicted molar refractivity (Wildman–Crippen MR) is 78.3 cm³/mol. The Bertz CT molecular complexity index is 520. The second-order valence-corrected chi connectivity index (χ2v) is 5.01. The third kappa shape index (κ3) is 3.30. The molecule has 0 radical (unpaired) electrons. The Morgan fingerprint density at radius 3 is 2.50 bits per heavy atom. The minimum atomic E-state index is 0.759. The number of nitrogens with one attached hydrogen (secondary N) is 1.